The molecule has 0 radical (unpaired) electrons. The molecule has 5 nitrogen and oxygen atoms in total. The standard InChI is InChI=1S/C18H17ClN4OS/c1-9-11(3)25-18-13(9)17(24)20-16(21-18)14-10(2)22-23(15(14)19)12-7-5-4-6-8-12/h4-8,16,21H,1-3H3,(H,20,24)/t16-/m0/s1. The van der Waals surface area contributed by atoms with Gasteiger partial charge in [0.2, 0.25) is 0 Å². The SMILES string of the molecule is Cc1nn(-c2ccccc2)c(Cl)c1[C@H]1NC(=O)c2c(sc(C)c2C)N1. The number of para-hydroxylation sites is 1. The van der Waals surface area contributed by atoms with Crippen LogP contribution in [0.5, 0.6) is 0 Å². The molecular weight excluding hydrogens is 356 g/mol. The van der Waals surface area contributed by atoms with Gasteiger partial charge in [-0.05, 0) is 38.5 Å². The highest BCUT2D eigenvalue weighted by Crippen LogP contribution is 2.39. The third-order valence-electron chi connectivity index (χ3n) is 4.50. The number of thiophene rings is 1. The lowest BCUT2D eigenvalue weighted by atomic mass is 10.1. The Kier molecular flexibility index (Phi) is 3.81. The van der Waals surface area contributed by atoms with E-state index in [9.17, 15) is 4.79 Å². The zero-order valence-electron chi connectivity index (χ0n) is 14.1. The molecule has 0 spiro atoms. The first-order chi connectivity index (χ1) is 12.0. The van der Waals surface area contributed by atoms with Crippen LogP contribution in [-0.2, 0) is 0 Å². The molecule has 2 N–H and O–H groups in total. The summed E-state index contributed by atoms with van der Waals surface area (Å²) in [5, 5.41) is 12.3. The molecule has 7 heteroatoms. The maximum atomic E-state index is 12.6. The lowest BCUT2D eigenvalue weighted by Crippen LogP contribution is -2.38. The number of benzene rings is 1. The van der Waals surface area contributed by atoms with Crippen molar-refractivity contribution in [2.45, 2.75) is 26.9 Å². The van der Waals surface area contributed by atoms with Crippen LogP contribution in [0, 0.1) is 20.8 Å². The van der Waals surface area contributed by atoms with Gasteiger partial charge in [0.25, 0.3) is 5.91 Å². The van der Waals surface area contributed by atoms with Crippen molar-refractivity contribution < 1.29 is 4.79 Å². The molecule has 0 aliphatic carbocycles. The average molecular weight is 373 g/mol. The molecule has 1 aliphatic rings. The first-order valence-electron chi connectivity index (χ1n) is 7.95. The summed E-state index contributed by atoms with van der Waals surface area (Å²) in [6.07, 6.45) is -0.401. The maximum Gasteiger partial charge on any atom is 0.256 e. The molecule has 1 aliphatic heterocycles. The Morgan fingerprint density at radius 3 is 2.60 bits per heavy atom. The number of hydrogen-bond donors (Lipinski definition) is 2. The summed E-state index contributed by atoms with van der Waals surface area (Å²) >= 11 is 8.21. The molecule has 0 fully saturated rings. The molecule has 0 bridgehead atoms. The van der Waals surface area contributed by atoms with Crippen molar-refractivity contribution in [3.8, 4) is 5.69 Å². The fraction of sp³-hybridized carbons (Fsp3) is 0.222. The number of amides is 1. The molecule has 0 saturated carbocycles. The second-order valence-electron chi connectivity index (χ2n) is 6.08. The van der Waals surface area contributed by atoms with E-state index in [4.69, 9.17) is 11.6 Å². The van der Waals surface area contributed by atoms with Gasteiger partial charge >= 0.3 is 0 Å². The molecule has 2 aromatic heterocycles. The van der Waals surface area contributed by atoms with Gasteiger partial charge in [-0.2, -0.15) is 5.10 Å². The number of fused-ring (bicyclic) bond motifs is 1. The van der Waals surface area contributed by atoms with Crippen LogP contribution in [0.3, 0.4) is 0 Å². The monoisotopic (exact) mass is 372 g/mol. The zero-order chi connectivity index (χ0) is 17.7. The Bertz CT molecular complexity index is 977. The first kappa shape index (κ1) is 16.2. The lowest BCUT2D eigenvalue weighted by Gasteiger charge is -2.26. The first-order valence-corrected chi connectivity index (χ1v) is 9.14. The van der Waals surface area contributed by atoms with E-state index in [1.807, 2.05) is 51.1 Å². The predicted molar refractivity (Wildman–Crippen MR) is 101 cm³/mol. The van der Waals surface area contributed by atoms with Crippen LogP contribution in [0.4, 0.5) is 5.00 Å². The van der Waals surface area contributed by atoms with Crippen LogP contribution < -0.4 is 10.6 Å². The second kappa shape index (κ2) is 5.89. The Morgan fingerprint density at radius 1 is 1.16 bits per heavy atom. The minimum Gasteiger partial charge on any atom is -0.352 e. The molecule has 0 unspecified atom stereocenters. The summed E-state index contributed by atoms with van der Waals surface area (Å²) in [6.45, 7) is 5.89. The van der Waals surface area contributed by atoms with Gasteiger partial charge in [-0.25, -0.2) is 4.68 Å². The van der Waals surface area contributed by atoms with E-state index < -0.39 is 6.17 Å². The molecule has 1 atom stereocenters. The van der Waals surface area contributed by atoms with E-state index in [0.29, 0.717) is 5.15 Å². The number of nitrogens with zero attached hydrogens (tertiary/aromatic N) is 2. The van der Waals surface area contributed by atoms with Crippen LogP contribution in [0.15, 0.2) is 30.3 Å². The minimum atomic E-state index is -0.401. The number of anilines is 1. The van der Waals surface area contributed by atoms with Gasteiger partial charge < -0.3 is 10.6 Å². The highest BCUT2D eigenvalue weighted by molar-refractivity contribution is 7.16. The van der Waals surface area contributed by atoms with Crippen molar-refractivity contribution in [3.63, 3.8) is 0 Å². The van der Waals surface area contributed by atoms with Gasteiger partial charge in [-0.15, -0.1) is 11.3 Å². The van der Waals surface area contributed by atoms with Gasteiger partial charge in [0.1, 0.15) is 16.3 Å². The quantitative estimate of drug-likeness (QED) is 0.702. The molecule has 25 heavy (non-hydrogen) atoms. The van der Waals surface area contributed by atoms with E-state index >= 15 is 0 Å². The van der Waals surface area contributed by atoms with Crippen LogP contribution in [-0.4, -0.2) is 15.7 Å². The van der Waals surface area contributed by atoms with Crippen LogP contribution >= 0.6 is 22.9 Å². The molecular formula is C18H17ClN4OS. The molecule has 128 valence electrons. The Labute approximate surface area is 154 Å². The average Bonchev–Trinajstić information content (AvgIpc) is 3.04. The molecule has 0 saturated heterocycles. The van der Waals surface area contributed by atoms with Gasteiger partial charge in [0.05, 0.1) is 22.5 Å². The van der Waals surface area contributed by atoms with Crippen LogP contribution in [0.2, 0.25) is 5.15 Å². The van der Waals surface area contributed by atoms with Crippen molar-refractivity contribution in [2.75, 3.05) is 5.32 Å². The Balaban J connectivity index is 1.77. The van der Waals surface area contributed by atoms with Crippen LogP contribution in [0.25, 0.3) is 5.69 Å². The fourth-order valence-corrected chi connectivity index (χ4v) is 4.56. The highest BCUT2D eigenvalue weighted by Gasteiger charge is 2.32. The van der Waals surface area contributed by atoms with Gasteiger partial charge in [0.15, 0.2) is 0 Å². The van der Waals surface area contributed by atoms with Crippen molar-refractivity contribution in [1.82, 2.24) is 15.1 Å². The second-order valence-corrected chi connectivity index (χ2v) is 7.66. The van der Waals surface area contributed by atoms with Gasteiger partial charge in [0, 0.05) is 4.88 Å². The lowest BCUT2D eigenvalue weighted by molar-refractivity contribution is 0.0936. The third kappa shape index (κ3) is 2.53. The number of aromatic nitrogens is 2. The summed E-state index contributed by atoms with van der Waals surface area (Å²) in [7, 11) is 0. The van der Waals surface area contributed by atoms with E-state index in [-0.39, 0.29) is 5.91 Å². The normalized spacial score (nSPS) is 16.3. The van der Waals surface area contributed by atoms with Crippen LogP contribution in [0.1, 0.15) is 38.2 Å². The molecule has 1 aromatic carbocycles. The van der Waals surface area contributed by atoms with E-state index in [1.165, 1.54) is 0 Å². The van der Waals surface area contributed by atoms with Crippen molar-refractivity contribution in [3.05, 3.63) is 62.7 Å². The fourth-order valence-electron chi connectivity index (χ4n) is 3.10. The van der Waals surface area contributed by atoms with Crippen molar-refractivity contribution in [2.24, 2.45) is 0 Å². The Hall–Kier alpha value is -2.31. The summed E-state index contributed by atoms with van der Waals surface area (Å²) in [5.74, 6) is -0.0801. The smallest absolute Gasteiger partial charge is 0.256 e. The maximum absolute atomic E-state index is 12.6. The number of hydrogen-bond acceptors (Lipinski definition) is 4. The largest absolute Gasteiger partial charge is 0.352 e. The van der Waals surface area contributed by atoms with E-state index in [2.05, 4.69) is 15.7 Å². The molecule has 4 rings (SSSR count). The molecule has 1 amide bonds. The minimum absolute atomic E-state index is 0.0801. The van der Waals surface area contributed by atoms with Crippen molar-refractivity contribution >= 4 is 33.8 Å². The highest BCUT2D eigenvalue weighted by atomic mass is 35.5. The van der Waals surface area contributed by atoms with E-state index in [0.717, 1.165) is 37.9 Å². The number of nitrogens with one attached hydrogen (secondary N) is 2. The summed E-state index contributed by atoms with van der Waals surface area (Å²) < 4.78 is 1.69. The van der Waals surface area contributed by atoms with Gasteiger partial charge in [-0.3, -0.25) is 4.79 Å². The number of carbonyl (C=O) groups excluding carboxylic acids is 1. The van der Waals surface area contributed by atoms with E-state index in [1.54, 1.807) is 16.0 Å². The summed E-state index contributed by atoms with van der Waals surface area (Å²) in [6, 6.07) is 9.71. The molecule has 3 heterocycles. The van der Waals surface area contributed by atoms with Crippen molar-refractivity contribution in [1.29, 1.82) is 0 Å². The predicted octanol–water partition coefficient (Wildman–Crippen LogP) is 4.37. The summed E-state index contributed by atoms with van der Waals surface area (Å²) in [5.41, 5.74) is 4.19. The topological polar surface area (TPSA) is 59.0 Å². The molecule has 3 aromatic rings. The number of halogens is 1. The summed E-state index contributed by atoms with van der Waals surface area (Å²) in [4.78, 5) is 13.7. The number of rotatable bonds is 2. The number of aryl methyl sites for hydroxylation is 2. The third-order valence-corrected chi connectivity index (χ3v) is 6.00. The van der Waals surface area contributed by atoms with Gasteiger partial charge in [-0.1, -0.05) is 29.8 Å². The number of carbonyl (C=O) groups is 1. The zero-order valence-corrected chi connectivity index (χ0v) is 15.6. The Morgan fingerprint density at radius 2 is 1.88 bits per heavy atom.